The molecular formula is C119H111B2N9. The predicted octanol–water partition coefficient (Wildman–Crippen LogP) is 27.5. The fourth-order valence-electron chi connectivity index (χ4n) is 19.5. The Bertz CT molecular complexity index is 6780. The summed E-state index contributed by atoms with van der Waals surface area (Å²) in [4.78, 5) is 35.7. The third-order valence-electron chi connectivity index (χ3n) is 26.8. The first-order chi connectivity index (χ1) is 62.2. The summed E-state index contributed by atoms with van der Waals surface area (Å²) in [5.74, 6) is 0.668. The van der Waals surface area contributed by atoms with E-state index in [-0.39, 0.29) is 45.9 Å². The van der Waals surface area contributed by atoms with Crippen LogP contribution in [0.5, 0.6) is 0 Å². The molecule has 4 aliphatic rings. The number of rotatable bonds is 10. The lowest BCUT2D eigenvalue weighted by atomic mass is 9.33. The van der Waals surface area contributed by atoms with E-state index in [0.29, 0.717) is 5.82 Å². The fraction of sp³-hybridized carbons (Fsp3) is 0.202. The summed E-state index contributed by atoms with van der Waals surface area (Å²) in [7, 11) is 0. The van der Waals surface area contributed by atoms with Crippen LogP contribution in [0.3, 0.4) is 0 Å². The lowest BCUT2D eigenvalue weighted by Gasteiger charge is -2.45. The molecule has 0 atom stereocenters. The molecule has 0 spiro atoms. The first kappa shape index (κ1) is 84.2. The molecule has 14 aromatic carbocycles. The molecule has 0 aliphatic carbocycles. The van der Waals surface area contributed by atoms with Gasteiger partial charge in [0.15, 0.2) is 5.82 Å². The van der Waals surface area contributed by atoms with Crippen molar-refractivity contribution in [2.24, 2.45) is 0 Å². The molecule has 3 aromatic heterocycles. The molecule has 0 fully saturated rings. The van der Waals surface area contributed by atoms with Crippen molar-refractivity contribution in [3.05, 3.63) is 380 Å². The highest BCUT2D eigenvalue weighted by Gasteiger charge is 2.47. The van der Waals surface area contributed by atoms with E-state index in [4.69, 9.17) is 19.9 Å². The number of hydrogen-bond donors (Lipinski definition) is 0. The van der Waals surface area contributed by atoms with Crippen LogP contribution in [0.15, 0.2) is 346 Å². The average Bonchev–Trinajstić information content (AvgIpc) is 0.697. The maximum atomic E-state index is 5.59. The van der Waals surface area contributed by atoms with Gasteiger partial charge in [0.25, 0.3) is 13.4 Å². The first-order valence-corrected chi connectivity index (χ1v) is 46.0. The topological polar surface area (TPSA) is 77.4 Å². The maximum absolute atomic E-state index is 5.59. The van der Waals surface area contributed by atoms with Gasteiger partial charge in [0.1, 0.15) is 5.52 Å². The van der Waals surface area contributed by atoms with Crippen LogP contribution < -0.4 is 52.4 Å². The molecule has 4 aliphatic heterocycles. The molecule has 0 saturated carbocycles. The largest absolute Gasteiger partial charge is 0.311 e. The summed E-state index contributed by atoms with van der Waals surface area (Å²) >= 11 is 0. The summed E-state index contributed by atoms with van der Waals surface area (Å²) in [5, 5.41) is 0. The van der Waals surface area contributed by atoms with Crippen LogP contribution in [0.4, 0.5) is 68.2 Å². The Morgan fingerprint density at radius 1 is 0.215 bits per heavy atom. The summed E-state index contributed by atoms with van der Waals surface area (Å²) in [6, 6.07) is 122. The lowest BCUT2D eigenvalue weighted by molar-refractivity contribution is 0.568. The maximum Gasteiger partial charge on any atom is 0.252 e. The van der Waals surface area contributed by atoms with Crippen molar-refractivity contribution in [3.63, 3.8) is 0 Å². The van der Waals surface area contributed by atoms with Crippen LogP contribution in [-0.2, 0) is 32.5 Å². The molecule has 21 rings (SSSR count). The summed E-state index contributed by atoms with van der Waals surface area (Å²) in [6.07, 6.45) is 5.34. The first-order valence-electron chi connectivity index (χ1n) is 46.0. The molecule has 0 N–H and O–H groups in total. The average molecular weight is 1690 g/mol. The summed E-state index contributed by atoms with van der Waals surface area (Å²) in [6.45, 7) is 41.6. The van der Waals surface area contributed by atoms with E-state index in [0.717, 1.165) is 107 Å². The molecule has 638 valence electrons. The van der Waals surface area contributed by atoms with E-state index in [9.17, 15) is 0 Å². The predicted molar refractivity (Wildman–Crippen MR) is 552 cm³/mol. The molecule has 0 saturated heterocycles. The standard InChI is InChI=1S/C74H71BN4.C45H40BN5/c1-71(2,3)55-41-56(72(4,5)6)44-59(43-55)78-65-37-52(48-25-17-13-18-26-48)33-35-61(65)75-62-36-34-53(49-27-19-14-20-28-49)38-66(62)79(60-45-57(73(7,8)9)42-58(46-60)74(10,11)12)68-40-54(39-67(78)69(68)75)70-76-63(50-29-21-15-22-30-50)47-64(77-70)51-31-23-16-24-32-51;1-44(2,3)30-15-19-32(20-16-30)50-37-13-9-7-11-34(37)46-35-12-8-10-14-38(35)51(33-21-17-31(18-22-33)45(4,5)6)40-28-29(27-39(50)41(40)46)42-43-36(23-24-48-42)47-25-26-49-43/h13-47H,1-12H3;7-28H,1-6H3. The van der Waals surface area contributed by atoms with Gasteiger partial charge in [0.05, 0.1) is 22.6 Å². The minimum atomic E-state index is -0.126. The second kappa shape index (κ2) is 32.0. The number of nitrogens with zero attached hydrogens (tertiary/aromatic N) is 9. The molecule has 17 aromatic rings. The SMILES string of the molecule is CC(C)(C)c1cc(N2c3cc(-c4ccccc4)ccc3B3c4ccc(-c5ccccc5)cc4N(c4cc(C(C)(C)C)cc(C(C)(C)C)c4)c4cc(-c5nc(-c6ccccc6)cc(-c6ccccc6)n5)cc2c43)cc(C(C)(C)C)c1.CC(C)(C)c1ccc(N2c3ccccc3B3c4ccccc4N(c4ccc(C(C)(C)C)cc4)c4cc(-c5nccc6nccnc56)cc2c43)cc1. The number of anilines is 12. The number of benzene rings is 14. The van der Waals surface area contributed by atoms with Gasteiger partial charge < -0.3 is 19.6 Å². The fourth-order valence-corrected chi connectivity index (χ4v) is 19.5. The van der Waals surface area contributed by atoms with E-state index in [1.54, 1.807) is 12.4 Å². The van der Waals surface area contributed by atoms with Crippen LogP contribution in [0.1, 0.15) is 158 Å². The van der Waals surface area contributed by atoms with Crippen molar-refractivity contribution in [2.75, 3.05) is 19.6 Å². The van der Waals surface area contributed by atoms with Crippen molar-refractivity contribution < 1.29 is 0 Å². The number of hydrogen-bond acceptors (Lipinski definition) is 9. The van der Waals surface area contributed by atoms with Gasteiger partial charge in [-0.25, -0.2) is 9.97 Å². The van der Waals surface area contributed by atoms with E-state index in [1.165, 1.54) is 99.8 Å². The quantitative estimate of drug-likeness (QED) is 0.124. The van der Waals surface area contributed by atoms with Gasteiger partial charge in [-0.1, -0.05) is 343 Å². The summed E-state index contributed by atoms with van der Waals surface area (Å²) < 4.78 is 0. The molecule has 0 radical (unpaired) electrons. The van der Waals surface area contributed by atoms with E-state index in [1.807, 2.05) is 12.3 Å². The number of fused-ring (bicyclic) bond motifs is 9. The molecular weight excluding hydrogens is 1580 g/mol. The molecule has 7 heterocycles. The smallest absolute Gasteiger partial charge is 0.252 e. The van der Waals surface area contributed by atoms with Crippen LogP contribution in [0.25, 0.3) is 78.4 Å². The van der Waals surface area contributed by atoms with Crippen molar-refractivity contribution in [1.82, 2.24) is 24.9 Å². The Morgan fingerprint density at radius 2 is 0.538 bits per heavy atom. The highest BCUT2D eigenvalue weighted by atomic mass is 15.2. The molecule has 9 nitrogen and oxygen atoms in total. The zero-order chi connectivity index (χ0) is 90.2. The third-order valence-corrected chi connectivity index (χ3v) is 26.8. The third kappa shape index (κ3) is 15.4. The van der Waals surface area contributed by atoms with Crippen LogP contribution in [0, 0.1) is 0 Å². The number of pyridine rings is 1. The summed E-state index contributed by atoms with van der Waals surface area (Å²) in [5.41, 5.74) is 41.7. The van der Waals surface area contributed by atoms with Gasteiger partial charge in [-0.2, -0.15) is 0 Å². The van der Waals surface area contributed by atoms with Gasteiger partial charge in [0.2, 0.25) is 0 Å². The Kier molecular flexibility index (Phi) is 20.7. The van der Waals surface area contributed by atoms with Crippen molar-refractivity contribution >= 4 is 125 Å². The van der Waals surface area contributed by atoms with Gasteiger partial charge in [0, 0.05) is 109 Å². The Balaban J connectivity index is 0.000000178. The van der Waals surface area contributed by atoms with Gasteiger partial charge in [-0.15, -0.1) is 0 Å². The molecule has 0 unspecified atom stereocenters. The minimum absolute atomic E-state index is 0.0481. The van der Waals surface area contributed by atoms with Crippen molar-refractivity contribution in [3.8, 4) is 67.4 Å². The molecule has 0 amide bonds. The zero-order valence-corrected chi connectivity index (χ0v) is 78.1. The van der Waals surface area contributed by atoms with Crippen molar-refractivity contribution in [2.45, 2.75) is 157 Å². The van der Waals surface area contributed by atoms with E-state index in [2.05, 4.69) is 471 Å². The van der Waals surface area contributed by atoms with Gasteiger partial charge >= 0.3 is 0 Å². The zero-order valence-electron chi connectivity index (χ0n) is 78.1. The van der Waals surface area contributed by atoms with E-state index >= 15 is 0 Å². The molecule has 130 heavy (non-hydrogen) atoms. The highest BCUT2D eigenvalue weighted by molar-refractivity contribution is 7.01. The Labute approximate surface area is 768 Å². The van der Waals surface area contributed by atoms with E-state index < -0.39 is 0 Å². The monoisotopic (exact) mass is 1690 g/mol. The molecule has 0 bridgehead atoms. The number of para-hydroxylation sites is 2. The second-order valence-electron chi connectivity index (χ2n) is 41.9. The van der Waals surface area contributed by atoms with Crippen LogP contribution in [-0.4, -0.2) is 38.3 Å². The van der Waals surface area contributed by atoms with Crippen LogP contribution >= 0.6 is 0 Å². The molecule has 11 heteroatoms. The number of aromatic nitrogens is 5. The second-order valence-corrected chi connectivity index (χ2v) is 41.9. The lowest BCUT2D eigenvalue weighted by Crippen LogP contribution is -2.61. The normalized spacial score (nSPS) is 13.4. The Hall–Kier alpha value is -14.0. The van der Waals surface area contributed by atoms with Gasteiger partial charge in [-0.05, 0) is 230 Å². The van der Waals surface area contributed by atoms with Crippen molar-refractivity contribution in [1.29, 1.82) is 0 Å². The Morgan fingerprint density at radius 3 is 0.915 bits per heavy atom. The van der Waals surface area contributed by atoms with Gasteiger partial charge in [-0.3, -0.25) is 15.0 Å². The highest BCUT2D eigenvalue weighted by Crippen LogP contribution is 2.52. The minimum Gasteiger partial charge on any atom is -0.311 e. The van der Waals surface area contributed by atoms with Crippen LogP contribution in [0.2, 0.25) is 0 Å².